The maximum Gasteiger partial charge on any atom is 0.240 e. The minimum atomic E-state index is -3.52. The van der Waals surface area contributed by atoms with Gasteiger partial charge in [-0.2, -0.15) is 0 Å². The zero-order chi connectivity index (χ0) is 16.8. The summed E-state index contributed by atoms with van der Waals surface area (Å²) in [6.07, 6.45) is 2.92. The number of carbonyl (C=O) groups excluding carboxylic acids is 1. The molecule has 1 aromatic rings. The maximum absolute atomic E-state index is 12.3. The summed E-state index contributed by atoms with van der Waals surface area (Å²) in [5, 5.41) is 2.61. The predicted molar refractivity (Wildman–Crippen MR) is 89.2 cm³/mol. The molecular weight excluding hydrogens is 300 g/mol. The van der Waals surface area contributed by atoms with Crippen LogP contribution in [0.4, 0.5) is 5.69 Å². The Balaban J connectivity index is 2.63. The van der Waals surface area contributed by atoms with Crippen molar-refractivity contribution < 1.29 is 13.2 Å². The summed E-state index contributed by atoms with van der Waals surface area (Å²) < 4.78 is 27.2. The van der Waals surface area contributed by atoms with Crippen molar-refractivity contribution in [2.24, 2.45) is 5.92 Å². The normalized spacial score (nSPS) is 13.1. The number of benzene rings is 1. The summed E-state index contributed by atoms with van der Waals surface area (Å²) in [7, 11) is -3.52. The third-order valence-electron chi connectivity index (χ3n) is 3.26. The molecule has 0 spiro atoms. The fourth-order valence-corrected chi connectivity index (χ4v) is 3.42. The molecule has 0 radical (unpaired) electrons. The predicted octanol–water partition coefficient (Wildman–Crippen LogP) is 3.14. The van der Waals surface area contributed by atoms with E-state index in [0.29, 0.717) is 11.6 Å². The highest BCUT2D eigenvalue weighted by molar-refractivity contribution is 7.89. The van der Waals surface area contributed by atoms with Gasteiger partial charge in [-0.3, -0.25) is 4.79 Å². The largest absolute Gasteiger partial charge is 0.326 e. The highest BCUT2D eigenvalue weighted by atomic mass is 32.2. The van der Waals surface area contributed by atoms with Gasteiger partial charge >= 0.3 is 0 Å². The van der Waals surface area contributed by atoms with Crippen LogP contribution in [0.5, 0.6) is 0 Å². The van der Waals surface area contributed by atoms with Crippen molar-refractivity contribution in [3.05, 3.63) is 24.3 Å². The maximum atomic E-state index is 12.3. The smallest absolute Gasteiger partial charge is 0.240 e. The number of sulfonamides is 1. The second-order valence-electron chi connectivity index (χ2n) is 6.05. The van der Waals surface area contributed by atoms with Crippen molar-refractivity contribution in [3.8, 4) is 0 Å². The molecule has 0 aliphatic rings. The van der Waals surface area contributed by atoms with E-state index in [4.69, 9.17) is 0 Å². The van der Waals surface area contributed by atoms with Gasteiger partial charge in [-0.25, -0.2) is 13.1 Å². The highest BCUT2D eigenvalue weighted by Crippen LogP contribution is 2.15. The number of nitrogens with one attached hydrogen (secondary N) is 2. The molecule has 124 valence electrons. The third kappa shape index (κ3) is 6.58. The molecule has 0 aromatic heterocycles. The van der Waals surface area contributed by atoms with E-state index in [9.17, 15) is 13.2 Å². The van der Waals surface area contributed by atoms with Gasteiger partial charge in [0.25, 0.3) is 0 Å². The Morgan fingerprint density at radius 1 is 1.09 bits per heavy atom. The SMILES string of the molecule is CC(=O)Nc1ccc(S(=O)(=O)N[C@H](C)CCCC(C)C)cc1. The Morgan fingerprint density at radius 3 is 2.18 bits per heavy atom. The zero-order valence-corrected chi connectivity index (χ0v) is 14.5. The van der Waals surface area contributed by atoms with Crippen molar-refractivity contribution >= 4 is 21.6 Å². The van der Waals surface area contributed by atoms with Crippen LogP contribution < -0.4 is 10.0 Å². The van der Waals surface area contributed by atoms with Gasteiger partial charge in [0, 0.05) is 18.7 Å². The standard InChI is InChI=1S/C16H26N2O3S/c1-12(2)6-5-7-13(3)18-22(20,21)16-10-8-15(9-11-16)17-14(4)19/h8-13,18H,5-7H2,1-4H3,(H,17,19)/t13-/m1/s1. The average molecular weight is 326 g/mol. The molecule has 22 heavy (non-hydrogen) atoms. The molecule has 1 atom stereocenters. The molecule has 1 aromatic carbocycles. The molecule has 0 saturated carbocycles. The number of hydrogen-bond donors (Lipinski definition) is 2. The van der Waals surface area contributed by atoms with E-state index in [1.807, 2.05) is 6.92 Å². The van der Waals surface area contributed by atoms with Crippen molar-refractivity contribution in [1.82, 2.24) is 4.72 Å². The number of anilines is 1. The van der Waals surface area contributed by atoms with E-state index in [2.05, 4.69) is 23.9 Å². The Bertz CT molecular complexity index is 580. The molecule has 0 heterocycles. The molecule has 0 bridgehead atoms. The Hall–Kier alpha value is -1.40. The van der Waals surface area contributed by atoms with Gasteiger partial charge in [0.15, 0.2) is 0 Å². The van der Waals surface area contributed by atoms with E-state index in [1.54, 1.807) is 12.1 Å². The second kappa shape index (κ2) is 8.29. The van der Waals surface area contributed by atoms with Crippen LogP contribution in [0.25, 0.3) is 0 Å². The first-order valence-corrected chi connectivity index (χ1v) is 9.09. The van der Waals surface area contributed by atoms with Crippen LogP contribution in [0.15, 0.2) is 29.2 Å². The van der Waals surface area contributed by atoms with Crippen LogP contribution in [0, 0.1) is 5.92 Å². The quantitative estimate of drug-likeness (QED) is 0.770. The highest BCUT2D eigenvalue weighted by Gasteiger charge is 2.17. The molecule has 1 rings (SSSR count). The second-order valence-corrected chi connectivity index (χ2v) is 7.77. The van der Waals surface area contributed by atoms with Crippen molar-refractivity contribution in [2.75, 3.05) is 5.32 Å². The molecule has 0 unspecified atom stereocenters. The van der Waals surface area contributed by atoms with Gasteiger partial charge in [-0.1, -0.05) is 26.7 Å². The number of carbonyl (C=O) groups is 1. The molecule has 2 N–H and O–H groups in total. The molecule has 1 amide bonds. The molecule has 5 nitrogen and oxygen atoms in total. The first-order valence-electron chi connectivity index (χ1n) is 7.60. The van der Waals surface area contributed by atoms with E-state index in [1.165, 1.54) is 19.1 Å². The molecule has 6 heteroatoms. The lowest BCUT2D eigenvalue weighted by molar-refractivity contribution is -0.114. The van der Waals surface area contributed by atoms with E-state index in [-0.39, 0.29) is 16.8 Å². The van der Waals surface area contributed by atoms with Crippen molar-refractivity contribution in [3.63, 3.8) is 0 Å². The van der Waals surface area contributed by atoms with Gasteiger partial charge in [0.05, 0.1) is 4.90 Å². The lowest BCUT2D eigenvalue weighted by atomic mass is 10.0. The Labute approximate surface area is 133 Å². The summed E-state index contributed by atoms with van der Waals surface area (Å²) in [5.74, 6) is 0.442. The summed E-state index contributed by atoms with van der Waals surface area (Å²) in [5.41, 5.74) is 0.580. The number of hydrogen-bond acceptors (Lipinski definition) is 3. The first kappa shape index (κ1) is 18.6. The van der Waals surface area contributed by atoms with Crippen LogP contribution in [0.3, 0.4) is 0 Å². The minimum absolute atomic E-state index is 0.0984. The molecule has 0 saturated heterocycles. The van der Waals surface area contributed by atoms with E-state index < -0.39 is 10.0 Å². The van der Waals surface area contributed by atoms with Crippen LogP contribution in [-0.4, -0.2) is 20.4 Å². The number of amides is 1. The minimum Gasteiger partial charge on any atom is -0.326 e. The van der Waals surface area contributed by atoms with E-state index in [0.717, 1.165) is 19.3 Å². The lowest BCUT2D eigenvalue weighted by Crippen LogP contribution is -2.32. The lowest BCUT2D eigenvalue weighted by Gasteiger charge is -2.15. The summed E-state index contributed by atoms with van der Waals surface area (Å²) in [6, 6.07) is 6.06. The topological polar surface area (TPSA) is 75.3 Å². The molecule has 0 fully saturated rings. The molecular formula is C16H26N2O3S. The number of rotatable bonds is 8. The summed E-state index contributed by atoms with van der Waals surface area (Å²) in [4.78, 5) is 11.2. The third-order valence-corrected chi connectivity index (χ3v) is 4.87. The summed E-state index contributed by atoms with van der Waals surface area (Å²) in [6.45, 7) is 7.60. The van der Waals surface area contributed by atoms with Crippen molar-refractivity contribution in [2.45, 2.75) is 57.9 Å². The van der Waals surface area contributed by atoms with Crippen LogP contribution in [0.2, 0.25) is 0 Å². The fraction of sp³-hybridized carbons (Fsp3) is 0.562. The molecule has 0 aliphatic carbocycles. The Kier molecular flexibility index (Phi) is 7.03. The van der Waals surface area contributed by atoms with Gasteiger partial charge in [0.2, 0.25) is 15.9 Å². The fourth-order valence-electron chi connectivity index (χ4n) is 2.14. The molecule has 0 aliphatic heterocycles. The Morgan fingerprint density at radius 2 is 1.68 bits per heavy atom. The van der Waals surface area contributed by atoms with Gasteiger partial charge < -0.3 is 5.32 Å². The summed E-state index contributed by atoms with van der Waals surface area (Å²) >= 11 is 0. The van der Waals surface area contributed by atoms with Gasteiger partial charge in [-0.05, 0) is 43.5 Å². The monoisotopic (exact) mass is 326 g/mol. The van der Waals surface area contributed by atoms with Crippen LogP contribution in [0.1, 0.15) is 47.0 Å². The van der Waals surface area contributed by atoms with Crippen LogP contribution in [-0.2, 0) is 14.8 Å². The van der Waals surface area contributed by atoms with Gasteiger partial charge in [0.1, 0.15) is 0 Å². The van der Waals surface area contributed by atoms with E-state index >= 15 is 0 Å². The van der Waals surface area contributed by atoms with Crippen LogP contribution >= 0.6 is 0 Å². The zero-order valence-electron chi connectivity index (χ0n) is 13.7. The van der Waals surface area contributed by atoms with Crippen molar-refractivity contribution in [1.29, 1.82) is 0 Å². The first-order chi connectivity index (χ1) is 10.2. The average Bonchev–Trinajstić information content (AvgIpc) is 2.37. The van der Waals surface area contributed by atoms with Gasteiger partial charge in [-0.15, -0.1) is 0 Å².